The van der Waals surface area contributed by atoms with E-state index in [1.807, 2.05) is 0 Å². The Labute approximate surface area is 176 Å². The number of hydrogen-bond donors (Lipinski definition) is 1. The predicted octanol–water partition coefficient (Wildman–Crippen LogP) is 3.67. The van der Waals surface area contributed by atoms with Crippen LogP contribution in [0.15, 0.2) is 47.4 Å². The van der Waals surface area contributed by atoms with E-state index in [0.29, 0.717) is 13.2 Å². The molecular formula is C19H18ClF3N2O4S. The van der Waals surface area contributed by atoms with Gasteiger partial charge in [0.25, 0.3) is 0 Å². The third-order valence-corrected chi connectivity index (χ3v) is 6.75. The fourth-order valence-corrected chi connectivity index (χ4v) is 4.52. The summed E-state index contributed by atoms with van der Waals surface area (Å²) in [6, 6.07) is 8.68. The zero-order valence-electron chi connectivity index (χ0n) is 15.6. The zero-order valence-corrected chi connectivity index (χ0v) is 17.1. The first-order chi connectivity index (χ1) is 14.1. The number of hydrogen-bond acceptors (Lipinski definition) is 5. The predicted molar refractivity (Wildman–Crippen MR) is 105 cm³/mol. The maximum atomic E-state index is 12.9. The highest BCUT2D eigenvalue weighted by Crippen LogP contribution is 2.36. The van der Waals surface area contributed by atoms with Gasteiger partial charge in [-0.25, -0.2) is 8.42 Å². The summed E-state index contributed by atoms with van der Waals surface area (Å²) < 4.78 is 70.4. The van der Waals surface area contributed by atoms with Crippen LogP contribution in [-0.4, -0.2) is 51.4 Å². The van der Waals surface area contributed by atoms with Gasteiger partial charge in [-0.2, -0.15) is 17.5 Å². The first kappa shape index (κ1) is 22.5. The molecule has 1 aliphatic rings. The van der Waals surface area contributed by atoms with Crippen LogP contribution in [0, 0.1) is 0 Å². The van der Waals surface area contributed by atoms with Gasteiger partial charge in [-0.1, -0.05) is 11.6 Å². The van der Waals surface area contributed by atoms with E-state index in [1.54, 1.807) is 0 Å². The van der Waals surface area contributed by atoms with Gasteiger partial charge >= 0.3 is 6.18 Å². The minimum absolute atomic E-state index is 0.0569. The van der Waals surface area contributed by atoms with Gasteiger partial charge in [0.1, 0.15) is 0 Å². The number of morpholine rings is 1. The van der Waals surface area contributed by atoms with Gasteiger partial charge in [0, 0.05) is 24.3 Å². The number of carbonyl (C=O) groups is 1. The summed E-state index contributed by atoms with van der Waals surface area (Å²) in [5.41, 5.74) is -0.681. The highest BCUT2D eigenvalue weighted by Gasteiger charge is 2.33. The van der Waals surface area contributed by atoms with Crippen LogP contribution in [0.5, 0.6) is 0 Å². The van der Waals surface area contributed by atoms with Crippen molar-refractivity contribution in [3.05, 3.63) is 58.6 Å². The van der Waals surface area contributed by atoms with E-state index in [-0.39, 0.29) is 35.8 Å². The number of carbonyl (C=O) groups excluding carboxylic acids is 1. The number of alkyl halides is 3. The van der Waals surface area contributed by atoms with Crippen LogP contribution in [0.2, 0.25) is 5.02 Å². The molecule has 11 heteroatoms. The van der Waals surface area contributed by atoms with Gasteiger partial charge in [-0.05, 0) is 42.5 Å². The molecule has 0 atom stereocenters. The van der Waals surface area contributed by atoms with Crippen LogP contribution in [0.1, 0.15) is 15.9 Å². The molecule has 0 radical (unpaired) electrons. The highest BCUT2D eigenvalue weighted by atomic mass is 35.5. The number of halogens is 4. The maximum absolute atomic E-state index is 12.9. The molecule has 0 spiro atoms. The molecule has 0 amide bonds. The highest BCUT2D eigenvalue weighted by molar-refractivity contribution is 7.89. The molecule has 162 valence electrons. The number of ether oxygens (including phenoxy) is 1. The summed E-state index contributed by atoms with van der Waals surface area (Å²) in [7, 11) is -3.68. The molecule has 2 aromatic rings. The van der Waals surface area contributed by atoms with Gasteiger partial charge < -0.3 is 10.1 Å². The van der Waals surface area contributed by atoms with Crippen LogP contribution in [-0.2, 0) is 20.9 Å². The van der Waals surface area contributed by atoms with Crippen molar-refractivity contribution in [2.45, 2.75) is 11.1 Å². The number of benzene rings is 2. The third-order valence-electron chi connectivity index (χ3n) is 4.51. The summed E-state index contributed by atoms with van der Waals surface area (Å²) in [5.74, 6) is -0.408. The topological polar surface area (TPSA) is 75.7 Å². The van der Waals surface area contributed by atoms with Gasteiger partial charge in [0.2, 0.25) is 10.0 Å². The Bertz CT molecular complexity index is 1020. The van der Waals surface area contributed by atoms with Gasteiger partial charge in [0.15, 0.2) is 5.78 Å². The Balaban J connectivity index is 1.67. The minimum Gasteiger partial charge on any atom is -0.379 e. The summed E-state index contributed by atoms with van der Waals surface area (Å²) in [6.07, 6.45) is -4.61. The van der Waals surface area contributed by atoms with E-state index < -0.39 is 32.6 Å². The van der Waals surface area contributed by atoms with Crippen molar-refractivity contribution in [1.29, 1.82) is 0 Å². The minimum atomic E-state index is -4.61. The normalized spacial score (nSPS) is 15.7. The molecular weight excluding hydrogens is 445 g/mol. The monoisotopic (exact) mass is 462 g/mol. The average molecular weight is 463 g/mol. The molecule has 6 nitrogen and oxygen atoms in total. The van der Waals surface area contributed by atoms with Crippen molar-refractivity contribution in [3.63, 3.8) is 0 Å². The average Bonchev–Trinajstić information content (AvgIpc) is 2.73. The molecule has 1 N–H and O–H groups in total. The van der Waals surface area contributed by atoms with Crippen LogP contribution in [0.3, 0.4) is 0 Å². The largest absolute Gasteiger partial charge is 0.417 e. The van der Waals surface area contributed by atoms with E-state index >= 15 is 0 Å². The first-order valence-electron chi connectivity index (χ1n) is 8.91. The molecule has 0 bridgehead atoms. The number of nitrogens with one attached hydrogen (secondary N) is 1. The molecule has 30 heavy (non-hydrogen) atoms. The lowest BCUT2D eigenvalue weighted by Gasteiger charge is -2.26. The van der Waals surface area contributed by atoms with Crippen molar-refractivity contribution in [1.82, 2.24) is 4.31 Å². The third kappa shape index (κ3) is 5.12. The van der Waals surface area contributed by atoms with E-state index in [9.17, 15) is 26.4 Å². The Morgan fingerprint density at radius 3 is 2.33 bits per heavy atom. The summed E-state index contributed by atoms with van der Waals surface area (Å²) in [5, 5.41) is 2.20. The van der Waals surface area contributed by atoms with E-state index in [1.165, 1.54) is 34.6 Å². The Morgan fingerprint density at radius 1 is 1.10 bits per heavy atom. The smallest absolute Gasteiger partial charge is 0.379 e. The Morgan fingerprint density at radius 2 is 1.73 bits per heavy atom. The molecule has 1 fully saturated rings. The van der Waals surface area contributed by atoms with Gasteiger partial charge in [-0.3, -0.25) is 4.79 Å². The first-order valence-corrected chi connectivity index (χ1v) is 10.7. The lowest BCUT2D eigenvalue weighted by Crippen LogP contribution is -2.40. The van der Waals surface area contributed by atoms with E-state index in [0.717, 1.165) is 12.1 Å². The molecule has 0 saturated carbocycles. The molecule has 1 heterocycles. The molecule has 2 aromatic carbocycles. The van der Waals surface area contributed by atoms with Crippen LogP contribution < -0.4 is 5.32 Å². The zero-order chi connectivity index (χ0) is 21.9. The molecule has 0 aliphatic carbocycles. The SMILES string of the molecule is O=C(CNc1ccc(Cl)c(C(F)(F)F)c1)c1ccc(S(=O)(=O)N2CCOCC2)cc1. The number of ketones is 1. The molecule has 0 unspecified atom stereocenters. The van der Waals surface area contributed by atoms with Crippen LogP contribution in [0.4, 0.5) is 18.9 Å². The maximum Gasteiger partial charge on any atom is 0.417 e. The lowest BCUT2D eigenvalue weighted by atomic mass is 10.1. The van der Waals surface area contributed by atoms with Crippen LogP contribution in [0.25, 0.3) is 0 Å². The van der Waals surface area contributed by atoms with Crippen molar-refractivity contribution >= 4 is 33.1 Å². The summed E-state index contributed by atoms with van der Waals surface area (Å²) in [4.78, 5) is 12.4. The molecule has 1 saturated heterocycles. The van der Waals surface area contributed by atoms with Crippen molar-refractivity contribution in [2.24, 2.45) is 0 Å². The van der Waals surface area contributed by atoms with E-state index in [2.05, 4.69) is 5.32 Å². The Kier molecular flexibility index (Phi) is 6.71. The Hall–Kier alpha value is -2.14. The standard InChI is InChI=1S/C19H18ClF3N2O4S/c20-17-6-3-14(11-16(17)19(21,22)23)24-12-18(26)13-1-4-15(5-2-13)30(27,28)25-7-9-29-10-8-25/h1-6,11,24H,7-10,12H2. The second-order valence-corrected chi connectivity index (χ2v) is 8.86. The molecule has 1 aliphatic heterocycles. The fraction of sp³-hybridized carbons (Fsp3) is 0.316. The molecule has 3 rings (SSSR count). The van der Waals surface area contributed by atoms with Crippen molar-refractivity contribution < 1.29 is 31.1 Å². The number of nitrogens with zero attached hydrogens (tertiary/aromatic N) is 1. The second-order valence-electron chi connectivity index (χ2n) is 6.51. The number of sulfonamides is 1. The van der Waals surface area contributed by atoms with Crippen LogP contribution >= 0.6 is 11.6 Å². The van der Waals surface area contributed by atoms with Crippen molar-refractivity contribution in [3.8, 4) is 0 Å². The molecule has 0 aromatic heterocycles. The van der Waals surface area contributed by atoms with Crippen molar-refractivity contribution in [2.75, 3.05) is 38.2 Å². The summed E-state index contributed by atoms with van der Waals surface area (Å²) >= 11 is 5.57. The van der Waals surface area contributed by atoms with E-state index in [4.69, 9.17) is 16.3 Å². The summed E-state index contributed by atoms with van der Waals surface area (Å²) in [6.45, 7) is 0.890. The second kappa shape index (κ2) is 8.93. The number of rotatable bonds is 6. The van der Waals surface area contributed by atoms with Gasteiger partial charge in [-0.15, -0.1) is 0 Å². The van der Waals surface area contributed by atoms with Gasteiger partial charge in [0.05, 0.1) is 35.2 Å². The number of anilines is 1. The fourth-order valence-electron chi connectivity index (χ4n) is 2.89. The quantitative estimate of drug-likeness (QED) is 0.663. The lowest BCUT2D eigenvalue weighted by molar-refractivity contribution is -0.137. The number of Topliss-reactive ketones (excluding diaryl/α,β-unsaturated/α-hetero) is 1.